The van der Waals surface area contributed by atoms with Gasteiger partial charge >= 0.3 is 47.8 Å². The van der Waals surface area contributed by atoms with Crippen molar-refractivity contribution in [2.45, 2.75) is 466 Å². The fourth-order valence-electron chi connectivity index (χ4n) is 22.2. The summed E-state index contributed by atoms with van der Waals surface area (Å²) in [5, 5.41) is 119. The molecule has 0 aromatic heterocycles. The van der Waals surface area contributed by atoms with Gasteiger partial charge in [0.15, 0.2) is 6.10 Å². The highest BCUT2D eigenvalue weighted by Crippen LogP contribution is 2.65. The lowest BCUT2D eigenvalue weighted by atomic mass is 9.48. The Bertz CT molecular complexity index is 3680. The predicted octanol–water partition coefficient (Wildman–Crippen LogP) is 14.0. The maximum atomic E-state index is 12.4. The van der Waals surface area contributed by atoms with Crippen molar-refractivity contribution >= 4 is 47.8 Å². The van der Waals surface area contributed by atoms with Gasteiger partial charge in [0.1, 0.15) is 48.3 Å². The minimum absolute atomic E-state index is 0.0561. The Hall–Kier alpha value is -4.76. The monoisotopic (exact) mass is 1900 g/mol. The highest BCUT2D eigenvalue weighted by atomic mass is 16.6. The van der Waals surface area contributed by atoms with Gasteiger partial charge in [0, 0.05) is 70.8 Å². The smallest absolute Gasteiger partial charge is 0.312 e. The van der Waals surface area contributed by atoms with Gasteiger partial charge < -0.3 is 104 Å². The average molecular weight is 1900 g/mol. The Morgan fingerprint density at radius 2 is 0.722 bits per heavy atom. The summed E-state index contributed by atoms with van der Waals surface area (Å²) >= 11 is 0. The zero-order chi connectivity index (χ0) is 101. The van der Waals surface area contributed by atoms with Crippen LogP contribution in [0.4, 0.5) is 0 Å². The molecular formula is C104H182O29. The molecule has 1 saturated heterocycles. The zero-order valence-corrected chi connectivity index (χ0v) is 86.3. The van der Waals surface area contributed by atoms with E-state index in [-0.39, 0.29) is 123 Å². The van der Waals surface area contributed by atoms with Crippen molar-refractivity contribution in [2.75, 3.05) is 52.9 Å². The van der Waals surface area contributed by atoms with E-state index in [9.17, 15) is 79.2 Å². The second-order valence-electron chi connectivity index (χ2n) is 48.5. The molecule has 17 aliphatic rings. The van der Waals surface area contributed by atoms with Gasteiger partial charge in [-0.2, -0.15) is 0 Å². The first-order valence-corrected chi connectivity index (χ1v) is 50.5. The molecule has 1 heterocycles. The van der Waals surface area contributed by atoms with E-state index in [1.54, 1.807) is 20.8 Å². The third-order valence-corrected chi connectivity index (χ3v) is 32.8. The van der Waals surface area contributed by atoms with Crippen molar-refractivity contribution in [3.63, 3.8) is 0 Å². The van der Waals surface area contributed by atoms with E-state index in [4.69, 9.17) is 63.1 Å². The van der Waals surface area contributed by atoms with E-state index >= 15 is 0 Å². The largest absolute Gasteiger partial charge is 0.465 e. The maximum absolute atomic E-state index is 12.4. The first-order valence-electron chi connectivity index (χ1n) is 50.5. The third-order valence-electron chi connectivity index (χ3n) is 32.8. The molecule has 0 spiro atoms. The summed E-state index contributed by atoms with van der Waals surface area (Å²) in [6.07, 6.45) is 21.6. The molecule has 16 bridgehead atoms. The van der Waals surface area contributed by atoms with Crippen LogP contribution in [0.25, 0.3) is 0 Å². The van der Waals surface area contributed by atoms with Crippen LogP contribution in [0.2, 0.25) is 0 Å². The number of hydrogen-bond acceptors (Lipinski definition) is 29. The Balaban J connectivity index is 0.000000236. The number of carbonyl (C=O) groups is 8. The molecule has 0 amide bonds. The summed E-state index contributed by atoms with van der Waals surface area (Å²) in [6, 6.07) is 0. The van der Waals surface area contributed by atoms with Crippen molar-refractivity contribution in [1.82, 2.24) is 0 Å². The van der Waals surface area contributed by atoms with Crippen LogP contribution in [0.15, 0.2) is 0 Å². The van der Waals surface area contributed by atoms with Crippen LogP contribution in [-0.2, 0) is 81.0 Å². The first kappa shape index (κ1) is 117. The number of ether oxygens (including phenoxy) is 9. The number of esters is 8. The molecule has 8 atom stereocenters. The Morgan fingerprint density at radius 1 is 0.368 bits per heavy atom. The van der Waals surface area contributed by atoms with Crippen LogP contribution in [0, 0.1) is 90.7 Å². The molecule has 8 unspecified atom stereocenters. The fraction of sp³-hybridized carbons (Fsp3) is 0.923. The molecule has 17 fully saturated rings. The van der Waals surface area contributed by atoms with Crippen LogP contribution in [-0.4, -0.2) is 243 Å². The molecule has 0 radical (unpaired) electrons. The molecule has 17 rings (SSSR count). The Morgan fingerprint density at radius 3 is 1.09 bits per heavy atom. The molecule has 0 aromatic rings. The van der Waals surface area contributed by atoms with Crippen molar-refractivity contribution in [3.05, 3.63) is 0 Å². The number of hydrogen-bond donors (Lipinski definition) is 12. The van der Waals surface area contributed by atoms with Crippen LogP contribution < -0.4 is 0 Å². The summed E-state index contributed by atoms with van der Waals surface area (Å²) in [5.41, 5.74) is -11.6. The number of carbonyl (C=O) groups excluding carboxylic acids is 8. The highest BCUT2D eigenvalue weighted by molar-refractivity contribution is 5.79. The minimum Gasteiger partial charge on any atom is -0.465 e. The van der Waals surface area contributed by atoms with Crippen molar-refractivity contribution in [1.29, 1.82) is 0 Å². The Kier molecular flexibility index (Phi) is 40.3. The number of aliphatic hydroxyl groups excluding tert-OH is 5. The SMILES string of the molecule is CCC(C)(C)C(=O)OC12CC3(O)CC(O)(CC(O)(C3)C1)C2.CCC(C)(C)C(=O)OC12CC3CC(O)(CC(O)(C3)C1)C2.CCC(C)(C)C(=O)OC1C2CC3CC1CC(O)(C3)C2.CCC(C)(C)C(=O)OC1COCC1O.CCC(C)(C)C(=O)OCC(O)CO.CCC(C)(C)C(=O)OCC1(O)C2CC3CC(C2)CC1C3.CCC(C)(C)C(=O)OCCC(C)O.CCC(C)(C)C(=O)OCCCCO. The lowest BCUT2D eigenvalue weighted by molar-refractivity contribution is -0.302. The van der Waals surface area contributed by atoms with E-state index in [2.05, 4.69) is 0 Å². The standard InChI is InChI=1S/C17H28O3.C16H26O5.C16H26O4.C16H26O3.C10H18O4.2C10H20O3.C9H18O4/c1-4-16(2,3)15(18)20-10-17(19)13-6-11-5-12(8-13)9-14(17)7-11;1-4-12(2,3)11(17)21-16-8-13(18)5-14(19,9-16)7-15(20,6-13)10-16;1-4-13(2,3)12(17)20-16-7-11-5-14(18,9-16)8-15(19,6-11)10-16;1-4-15(2,3)14(17)19-13-11-5-10-6-12(13)9-16(18,7-10)8-11;1-4-10(2,3)9(12)14-8-6-13-5-7(8)11;1-5-10(3,4)9(12)13-7-6-8(2)11;1-4-10(2,3)9(12)13-8-6-5-7-11;1-4-9(2,3)8(12)13-6-7(11)5-10/h11-14,19H,4-10H2,1-3H3;18-20H,4-10H2,1-3H3;11,18-19H,4-10H2,1-3H3;10-13,18H,4-9H2,1-3H3;7-8,11H,4-6H2,1-3H3;8,11H,5-7H2,1-4H3;11H,4-8H2,1-3H3;7,10-11H,4-6H2,1-3H3. The van der Waals surface area contributed by atoms with Gasteiger partial charge in [-0.15, -0.1) is 0 Å². The van der Waals surface area contributed by atoms with E-state index in [1.165, 1.54) is 6.42 Å². The topological polar surface area (TPSA) is 462 Å². The molecule has 12 N–H and O–H groups in total. The molecule has 29 nitrogen and oxygen atoms in total. The summed E-state index contributed by atoms with van der Waals surface area (Å²) in [7, 11) is 0. The van der Waals surface area contributed by atoms with Gasteiger partial charge in [-0.1, -0.05) is 55.4 Å². The number of unbranched alkanes of at least 4 members (excludes halogenated alkanes) is 1. The Labute approximate surface area is 795 Å². The molecule has 16 saturated carbocycles. The highest BCUT2D eigenvalue weighted by Gasteiger charge is 2.70. The fourth-order valence-corrected chi connectivity index (χ4v) is 22.2. The van der Waals surface area contributed by atoms with Gasteiger partial charge in [0.05, 0.1) is 116 Å². The van der Waals surface area contributed by atoms with E-state index in [0.717, 1.165) is 134 Å². The molecule has 133 heavy (non-hydrogen) atoms. The molecule has 16 aliphatic carbocycles. The molecule has 29 heteroatoms. The van der Waals surface area contributed by atoms with Crippen molar-refractivity contribution < 1.29 is 142 Å². The quantitative estimate of drug-likeness (QED) is 0.0169. The van der Waals surface area contributed by atoms with Gasteiger partial charge in [-0.25, -0.2) is 0 Å². The first-order chi connectivity index (χ1) is 61.0. The summed E-state index contributed by atoms with van der Waals surface area (Å²) in [5.74, 6) is 2.41. The zero-order valence-electron chi connectivity index (χ0n) is 86.3. The summed E-state index contributed by atoms with van der Waals surface area (Å²) in [6.45, 7) is 48.3. The van der Waals surface area contributed by atoms with Crippen LogP contribution >= 0.6 is 0 Å². The lowest BCUT2D eigenvalue weighted by Gasteiger charge is -2.65. The lowest BCUT2D eigenvalue weighted by Crippen LogP contribution is -2.72. The van der Waals surface area contributed by atoms with Crippen LogP contribution in [0.5, 0.6) is 0 Å². The molecular weight excluding hydrogens is 1710 g/mol. The number of aliphatic hydroxyl groups is 12. The van der Waals surface area contributed by atoms with Crippen molar-refractivity contribution in [2.24, 2.45) is 90.7 Å². The summed E-state index contributed by atoms with van der Waals surface area (Å²) < 4.78 is 48.1. The number of rotatable bonds is 32. The third kappa shape index (κ3) is 31.4. The summed E-state index contributed by atoms with van der Waals surface area (Å²) in [4.78, 5) is 94.9. The van der Waals surface area contributed by atoms with Gasteiger partial charge in [0.25, 0.3) is 0 Å². The van der Waals surface area contributed by atoms with Crippen LogP contribution in [0.1, 0.15) is 385 Å². The van der Waals surface area contributed by atoms with Gasteiger partial charge in [-0.3, -0.25) is 38.4 Å². The van der Waals surface area contributed by atoms with Gasteiger partial charge in [0.2, 0.25) is 0 Å². The predicted molar refractivity (Wildman–Crippen MR) is 500 cm³/mol. The maximum Gasteiger partial charge on any atom is 0.312 e. The van der Waals surface area contributed by atoms with E-state index in [1.807, 2.05) is 152 Å². The van der Waals surface area contributed by atoms with E-state index in [0.29, 0.717) is 114 Å². The van der Waals surface area contributed by atoms with Crippen LogP contribution in [0.3, 0.4) is 0 Å². The second-order valence-corrected chi connectivity index (χ2v) is 48.5. The van der Waals surface area contributed by atoms with Gasteiger partial charge in [-0.05, 0) is 313 Å². The van der Waals surface area contributed by atoms with E-state index < -0.39 is 107 Å². The normalized spacial score (nSPS) is 34.2. The second kappa shape index (κ2) is 45.9. The minimum atomic E-state index is -1.13. The molecule has 1 aliphatic heterocycles. The van der Waals surface area contributed by atoms with Crippen molar-refractivity contribution in [3.8, 4) is 0 Å². The molecule has 0 aromatic carbocycles. The average Bonchev–Trinajstić information content (AvgIpc) is 0.718. The molecule has 772 valence electrons.